The Morgan fingerprint density at radius 2 is 2.35 bits per heavy atom. The van der Waals surface area contributed by atoms with Gasteiger partial charge in [0, 0.05) is 5.69 Å². The molecule has 90 valence electrons. The van der Waals surface area contributed by atoms with Gasteiger partial charge in [0.1, 0.15) is 6.10 Å². The molecule has 0 aliphatic carbocycles. The molecule has 2 heterocycles. The summed E-state index contributed by atoms with van der Waals surface area (Å²) in [5.41, 5.74) is 7.37. The fraction of sp³-hybridized carbons (Fsp3) is 0.417. The predicted molar refractivity (Wildman–Crippen MR) is 61.6 cm³/mol. The van der Waals surface area contributed by atoms with Crippen molar-refractivity contribution < 1.29 is 14.6 Å². The lowest BCUT2D eigenvalue weighted by Gasteiger charge is -2.31. The molecule has 0 unspecified atom stereocenters. The number of amides is 1. The minimum absolute atomic E-state index is 0.0301. The summed E-state index contributed by atoms with van der Waals surface area (Å²) in [6.45, 7) is 0.485. The molecule has 5 nitrogen and oxygen atoms in total. The Balaban J connectivity index is 1.88. The number of rotatable bonds is 1. The Bertz CT molecular complexity index is 463. The summed E-state index contributed by atoms with van der Waals surface area (Å²) in [5, 5.41) is 9.10. The second-order valence-corrected chi connectivity index (χ2v) is 4.59. The zero-order chi connectivity index (χ0) is 12.0. The summed E-state index contributed by atoms with van der Waals surface area (Å²) in [6.07, 6.45) is -0.225. The highest BCUT2D eigenvalue weighted by Crippen LogP contribution is 2.42. The molecule has 0 aromatic heterocycles. The Labute approximate surface area is 98.8 Å². The monoisotopic (exact) mass is 234 g/mol. The summed E-state index contributed by atoms with van der Waals surface area (Å²) in [7, 11) is 0. The number of hydrogen-bond acceptors (Lipinski definition) is 3. The third kappa shape index (κ3) is 1.63. The van der Waals surface area contributed by atoms with E-state index in [1.165, 1.54) is 4.90 Å². The molecule has 3 N–H and O–H groups in total. The summed E-state index contributed by atoms with van der Waals surface area (Å²) in [4.78, 5) is 12.6. The first-order valence-electron chi connectivity index (χ1n) is 5.65. The molecule has 5 heteroatoms. The molecule has 17 heavy (non-hydrogen) atoms. The van der Waals surface area contributed by atoms with Crippen LogP contribution < -0.4 is 5.73 Å². The van der Waals surface area contributed by atoms with Gasteiger partial charge >= 0.3 is 6.09 Å². The molecule has 2 bridgehead atoms. The number of ether oxygens (including phenoxy) is 1. The molecule has 1 aromatic carbocycles. The smallest absolute Gasteiger partial charge is 0.407 e. The second kappa shape index (κ2) is 3.63. The predicted octanol–water partition coefficient (Wildman–Crippen LogP) is 1.46. The van der Waals surface area contributed by atoms with Crippen molar-refractivity contribution in [3.63, 3.8) is 0 Å². The van der Waals surface area contributed by atoms with Gasteiger partial charge in [0.05, 0.1) is 18.7 Å². The van der Waals surface area contributed by atoms with E-state index in [9.17, 15) is 4.79 Å². The maximum absolute atomic E-state index is 11.1. The number of likely N-dealkylation sites (tertiary alicyclic amines) is 1. The number of carboxylic acid groups (broad SMARTS) is 1. The van der Waals surface area contributed by atoms with Crippen LogP contribution in [0, 0.1) is 0 Å². The van der Waals surface area contributed by atoms with Crippen LogP contribution in [0.5, 0.6) is 0 Å². The molecule has 3 rings (SSSR count). The van der Waals surface area contributed by atoms with Crippen LogP contribution in [-0.2, 0) is 4.74 Å². The topological polar surface area (TPSA) is 75.8 Å². The van der Waals surface area contributed by atoms with Crippen molar-refractivity contribution >= 4 is 11.8 Å². The fourth-order valence-corrected chi connectivity index (χ4v) is 2.77. The van der Waals surface area contributed by atoms with Gasteiger partial charge in [-0.05, 0) is 24.1 Å². The lowest BCUT2D eigenvalue weighted by atomic mass is 10.0. The SMILES string of the molecule is Nc1cccc([C@@H]2O[C@@H]3C[C@H]2N(C(=O)O)C3)c1. The number of benzene rings is 1. The molecule has 2 fully saturated rings. The van der Waals surface area contributed by atoms with E-state index in [2.05, 4.69) is 0 Å². The third-order valence-corrected chi connectivity index (χ3v) is 3.48. The molecular weight excluding hydrogens is 220 g/mol. The minimum atomic E-state index is -0.866. The Morgan fingerprint density at radius 3 is 3.00 bits per heavy atom. The van der Waals surface area contributed by atoms with Gasteiger partial charge in [0.15, 0.2) is 0 Å². The van der Waals surface area contributed by atoms with E-state index in [-0.39, 0.29) is 18.2 Å². The highest BCUT2D eigenvalue weighted by Gasteiger charge is 2.48. The van der Waals surface area contributed by atoms with Gasteiger partial charge in [-0.1, -0.05) is 12.1 Å². The normalized spacial score (nSPS) is 30.8. The van der Waals surface area contributed by atoms with Crippen LogP contribution in [0.25, 0.3) is 0 Å². The number of fused-ring (bicyclic) bond motifs is 2. The van der Waals surface area contributed by atoms with E-state index < -0.39 is 6.09 Å². The van der Waals surface area contributed by atoms with Gasteiger partial charge < -0.3 is 15.6 Å². The molecule has 2 aliphatic heterocycles. The van der Waals surface area contributed by atoms with Crippen molar-refractivity contribution in [2.45, 2.75) is 24.7 Å². The first-order chi connectivity index (χ1) is 8.15. The molecule has 1 aromatic rings. The van der Waals surface area contributed by atoms with E-state index in [0.717, 1.165) is 12.0 Å². The highest BCUT2D eigenvalue weighted by atomic mass is 16.5. The van der Waals surface area contributed by atoms with Crippen LogP contribution in [-0.4, -0.2) is 34.8 Å². The van der Waals surface area contributed by atoms with Crippen LogP contribution in [0.1, 0.15) is 18.1 Å². The Kier molecular flexibility index (Phi) is 2.22. The quantitative estimate of drug-likeness (QED) is 0.721. The number of morpholine rings is 1. The van der Waals surface area contributed by atoms with Gasteiger partial charge in [0.25, 0.3) is 0 Å². The number of nitrogens with two attached hydrogens (primary N) is 1. The number of hydrogen-bond donors (Lipinski definition) is 2. The van der Waals surface area contributed by atoms with Crippen molar-refractivity contribution in [1.29, 1.82) is 0 Å². The van der Waals surface area contributed by atoms with Crippen molar-refractivity contribution in [2.75, 3.05) is 12.3 Å². The van der Waals surface area contributed by atoms with Gasteiger partial charge in [-0.3, -0.25) is 4.90 Å². The van der Waals surface area contributed by atoms with Crippen LogP contribution in [0.15, 0.2) is 24.3 Å². The maximum Gasteiger partial charge on any atom is 0.407 e. The van der Waals surface area contributed by atoms with E-state index in [4.69, 9.17) is 15.6 Å². The van der Waals surface area contributed by atoms with Crippen LogP contribution in [0.2, 0.25) is 0 Å². The van der Waals surface area contributed by atoms with E-state index in [0.29, 0.717) is 12.2 Å². The van der Waals surface area contributed by atoms with Gasteiger partial charge in [0.2, 0.25) is 0 Å². The van der Waals surface area contributed by atoms with Gasteiger partial charge in [-0.15, -0.1) is 0 Å². The summed E-state index contributed by atoms with van der Waals surface area (Å²) in [5.74, 6) is 0. The highest BCUT2D eigenvalue weighted by molar-refractivity contribution is 5.66. The number of nitrogens with zero attached hydrogens (tertiary/aromatic N) is 1. The van der Waals surface area contributed by atoms with Crippen LogP contribution in [0.3, 0.4) is 0 Å². The van der Waals surface area contributed by atoms with Crippen LogP contribution in [0.4, 0.5) is 10.5 Å². The lowest BCUT2D eigenvalue weighted by molar-refractivity contribution is -0.0286. The second-order valence-electron chi connectivity index (χ2n) is 4.59. The van der Waals surface area contributed by atoms with Crippen molar-refractivity contribution in [3.8, 4) is 0 Å². The zero-order valence-electron chi connectivity index (χ0n) is 9.24. The lowest BCUT2D eigenvalue weighted by Crippen LogP contribution is -2.42. The average Bonchev–Trinajstić information content (AvgIpc) is 2.88. The first-order valence-corrected chi connectivity index (χ1v) is 5.65. The number of nitrogen functional groups attached to an aromatic ring is 1. The molecule has 1 amide bonds. The average molecular weight is 234 g/mol. The Morgan fingerprint density at radius 1 is 1.53 bits per heavy atom. The number of anilines is 1. The molecule has 2 saturated heterocycles. The first kappa shape index (κ1) is 10.4. The van der Waals surface area contributed by atoms with Gasteiger partial charge in [-0.25, -0.2) is 4.79 Å². The van der Waals surface area contributed by atoms with E-state index in [1.807, 2.05) is 24.3 Å². The molecule has 0 saturated carbocycles. The molecule has 0 radical (unpaired) electrons. The zero-order valence-corrected chi connectivity index (χ0v) is 9.24. The van der Waals surface area contributed by atoms with Crippen molar-refractivity contribution in [3.05, 3.63) is 29.8 Å². The third-order valence-electron chi connectivity index (χ3n) is 3.48. The molecule has 0 spiro atoms. The molecular formula is C12H14N2O3. The number of carbonyl (C=O) groups is 1. The minimum Gasteiger partial charge on any atom is -0.465 e. The standard InChI is InChI=1S/C12H14N2O3/c13-8-3-1-2-7(4-8)11-10-5-9(17-11)6-14(10)12(15)16/h1-4,9-11H,5-6,13H2,(H,15,16)/t9-,10-,11+/m1/s1. The maximum atomic E-state index is 11.1. The summed E-state index contributed by atoms with van der Waals surface area (Å²) < 4.78 is 5.82. The molecule has 2 aliphatic rings. The summed E-state index contributed by atoms with van der Waals surface area (Å²) in [6, 6.07) is 7.39. The Hall–Kier alpha value is -1.75. The summed E-state index contributed by atoms with van der Waals surface area (Å²) >= 11 is 0. The van der Waals surface area contributed by atoms with Crippen LogP contribution >= 0.6 is 0 Å². The molecule has 3 atom stereocenters. The van der Waals surface area contributed by atoms with Gasteiger partial charge in [-0.2, -0.15) is 0 Å². The van der Waals surface area contributed by atoms with Crippen molar-refractivity contribution in [1.82, 2.24) is 4.90 Å². The largest absolute Gasteiger partial charge is 0.465 e. The fourth-order valence-electron chi connectivity index (χ4n) is 2.77. The van der Waals surface area contributed by atoms with E-state index in [1.54, 1.807) is 0 Å². The van der Waals surface area contributed by atoms with Crippen molar-refractivity contribution in [2.24, 2.45) is 0 Å². The van der Waals surface area contributed by atoms with E-state index >= 15 is 0 Å².